The summed E-state index contributed by atoms with van der Waals surface area (Å²) >= 11 is 7.59. The van der Waals surface area contributed by atoms with Crippen LogP contribution in [0.4, 0.5) is 0 Å². The van der Waals surface area contributed by atoms with E-state index in [1.165, 1.54) is 10.9 Å². The van der Waals surface area contributed by atoms with Crippen molar-refractivity contribution in [3.05, 3.63) is 25.4 Å². The molecule has 1 aromatic rings. The number of nitrogens with zero attached hydrogens (tertiary/aromatic N) is 2. The molecule has 1 heterocycles. The average Bonchev–Trinajstić information content (AvgIpc) is 2.15. The molecule has 0 aliphatic heterocycles. The second-order valence-electron chi connectivity index (χ2n) is 2.87. The molecule has 0 spiro atoms. The molecule has 0 saturated carbocycles. The zero-order valence-corrected chi connectivity index (χ0v) is 10.7. The van der Waals surface area contributed by atoms with Gasteiger partial charge in [0.25, 0.3) is 5.56 Å². The van der Waals surface area contributed by atoms with E-state index in [1.807, 2.05) is 29.5 Å². The molecule has 0 aliphatic carbocycles. The van der Waals surface area contributed by atoms with E-state index in [-0.39, 0.29) is 16.8 Å². The van der Waals surface area contributed by atoms with Crippen molar-refractivity contribution in [1.29, 1.82) is 0 Å². The van der Waals surface area contributed by atoms with Crippen molar-refractivity contribution in [3.63, 3.8) is 0 Å². The van der Waals surface area contributed by atoms with Crippen molar-refractivity contribution in [2.24, 2.45) is 0 Å². The van der Waals surface area contributed by atoms with Gasteiger partial charge in [-0.3, -0.25) is 9.36 Å². The lowest BCUT2D eigenvalue weighted by atomic mass is 10.3. The number of ether oxygens (including phenoxy) is 1. The van der Waals surface area contributed by atoms with Gasteiger partial charge >= 0.3 is 0 Å². The Hall–Kier alpha value is -0.140. The number of aromatic nitrogens is 2. The van der Waals surface area contributed by atoms with E-state index in [2.05, 4.69) is 4.98 Å². The molecule has 1 unspecified atom stereocenters. The average molecular weight is 329 g/mol. The molecule has 0 N–H and O–H groups in total. The number of methoxy groups -OCH3 is 1. The third-order valence-electron chi connectivity index (χ3n) is 1.78. The van der Waals surface area contributed by atoms with Crippen molar-refractivity contribution in [3.8, 4) is 0 Å². The molecule has 0 aromatic carbocycles. The van der Waals surface area contributed by atoms with E-state index in [0.717, 1.165) is 0 Å². The van der Waals surface area contributed by atoms with Crippen LogP contribution in [0.1, 0.15) is 13.0 Å². The zero-order chi connectivity index (χ0) is 10.7. The van der Waals surface area contributed by atoms with Crippen LogP contribution in [0, 0.1) is 3.57 Å². The van der Waals surface area contributed by atoms with Crippen LogP contribution < -0.4 is 5.56 Å². The monoisotopic (exact) mass is 328 g/mol. The molecule has 1 atom stereocenters. The first kappa shape index (κ1) is 11.9. The van der Waals surface area contributed by atoms with Gasteiger partial charge in [-0.2, -0.15) is 0 Å². The second-order valence-corrected chi connectivity index (χ2v) is 4.30. The van der Waals surface area contributed by atoms with Gasteiger partial charge in [-0.1, -0.05) is 11.6 Å². The first-order valence-corrected chi connectivity index (χ1v) is 5.44. The summed E-state index contributed by atoms with van der Waals surface area (Å²) in [4.78, 5) is 15.6. The van der Waals surface area contributed by atoms with Gasteiger partial charge in [0.05, 0.1) is 19.0 Å². The van der Waals surface area contributed by atoms with Crippen molar-refractivity contribution < 1.29 is 4.74 Å². The Balaban J connectivity index is 3.11. The lowest BCUT2D eigenvalue weighted by Gasteiger charge is -2.13. The first-order valence-electron chi connectivity index (χ1n) is 3.99. The molecule has 0 aliphatic rings. The fourth-order valence-corrected chi connectivity index (χ4v) is 1.60. The van der Waals surface area contributed by atoms with Crippen LogP contribution in [0.3, 0.4) is 0 Å². The molecule has 78 valence electrons. The molecule has 6 heteroatoms. The first-order chi connectivity index (χ1) is 6.57. The highest BCUT2D eigenvalue weighted by molar-refractivity contribution is 14.1. The lowest BCUT2D eigenvalue weighted by Crippen LogP contribution is -2.28. The van der Waals surface area contributed by atoms with Gasteiger partial charge in [0.15, 0.2) is 0 Å². The minimum Gasteiger partial charge on any atom is -0.383 e. The maximum Gasteiger partial charge on any atom is 0.268 e. The fraction of sp³-hybridized carbons (Fsp3) is 0.500. The summed E-state index contributed by atoms with van der Waals surface area (Å²) in [6.07, 6.45) is 1.44. The summed E-state index contributed by atoms with van der Waals surface area (Å²) in [7, 11) is 1.59. The smallest absolute Gasteiger partial charge is 0.268 e. The van der Waals surface area contributed by atoms with Gasteiger partial charge in [0, 0.05) is 7.11 Å². The van der Waals surface area contributed by atoms with Gasteiger partial charge in [-0.15, -0.1) is 0 Å². The predicted octanol–water partition coefficient (Wildman–Crippen LogP) is 1.71. The Labute approximate surface area is 100 Å². The number of halogens is 2. The Morgan fingerprint density at radius 3 is 3.00 bits per heavy atom. The Kier molecular flexibility index (Phi) is 4.33. The molecule has 4 nitrogen and oxygen atoms in total. The molecule has 0 amide bonds. The number of hydrogen-bond acceptors (Lipinski definition) is 3. The zero-order valence-electron chi connectivity index (χ0n) is 7.83. The highest BCUT2D eigenvalue weighted by Crippen LogP contribution is 2.11. The van der Waals surface area contributed by atoms with Gasteiger partial charge in [-0.25, -0.2) is 4.98 Å². The van der Waals surface area contributed by atoms with Crippen LogP contribution in [0.2, 0.25) is 5.15 Å². The Morgan fingerprint density at radius 1 is 1.79 bits per heavy atom. The van der Waals surface area contributed by atoms with E-state index in [4.69, 9.17) is 16.3 Å². The quantitative estimate of drug-likeness (QED) is 0.627. The van der Waals surface area contributed by atoms with Crippen LogP contribution in [0.25, 0.3) is 0 Å². The normalized spacial score (nSPS) is 12.9. The number of rotatable bonds is 3. The maximum atomic E-state index is 11.7. The Morgan fingerprint density at radius 2 is 2.43 bits per heavy atom. The minimum absolute atomic E-state index is 0.0363. The van der Waals surface area contributed by atoms with Crippen LogP contribution >= 0.6 is 34.2 Å². The highest BCUT2D eigenvalue weighted by Gasteiger charge is 2.11. The molecule has 0 fully saturated rings. The molecule has 0 bridgehead atoms. The summed E-state index contributed by atoms with van der Waals surface area (Å²) in [5.74, 6) is 0. The van der Waals surface area contributed by atoms with Crippen LogP contribution in [0.5, 0.6) is 0 Å². The van der Waals surface area contributed by atoms with E-state index in [1.54, 1.807) is 7.11 Å². The summed E-state index contributed by atoms with van der Waals surface area (Å²) in [5, 5.41) is 0.247. The molecule has 0 saturated heterocycles. The molecule has 1 aromatic heterocycles. The summed E-state index contributed by atoms with van der Waals surface area (Å²) < 4.78 is 6.91. The van der Waals surface area contributed by atoms with Gasteiger partial charge in [0.1, 0.15) is 8.72 Å². The van der Waals surface area contributed by atoms with Crippen molar-refractivity contribution >= 4 is 34.2 Å². The third kappa shape index (κ3) is 2.46. The van der Waals surface area contributed by atoms with E-state index >= 15 is 0 Å². The van der Waals surface area contributed by atoms with Crippen LogP contribution in [-0.4, -0.2) is 23.3 Å². The topological polar surface area (TPSA) is 44.1 Å². The third-order valence-corrected chi connectivity index (χ3v) is 3.36. The summed E-state index contributed by atoms with van der Waals surface area (Å²) in [5.41, 5.74) is -0.129. The van der Waals surface area contributed by atoms with Crippen molar-refractivity contribution in [2.45, 2.75) is 13.0 Å². The summed E-state index contributed by atoms with van der Waals surface area (Å²) in [6.45, 7) is 2.36. The minimum atomic E-state index is -0.129. The predicted molar refractivity (Wildman–Crippen MR) is 62.8 cm³/mol. The molecular formula is C8H10ClIN2O2. The van der Waals surface area contributed by atoms with E-state index in [9.17, 15) is 4.79 Å². The SMILES string of the molecule is COCC(C)n1cnc(Cl)c(I)c1=O. The van der Waals surface area contributed by atoms with Gasteiger partial charge < -0.3 is 4.74 Å². The standard InChI is InChI=1S/C8H10ClIN2O2/c1-5(3-14-2)12-4-11-7(9)6(10)8(12)13/h4-5H,3H2,1-2H3. The van der Waals surface area contributed by atoms with Crippen LogP contribution in [0.15, 0.2) is 11.1 Å². The van der Waals surface area contributed by atoms with Crippen molar-refractivity contribution in [1.82, 2.24) is 9.55 Å². The largest absolute Gasteiger partial charge is 0.383 e. The maximum absolute atomic E-state index is 11.7. The highest BCUT2D eigenvalue weighted by atomic mass is 127. The van der Waals surface area contributed by atoms with Gasteiger partial charge in [0.2, 0.25) is 0 Å². The number of hydrogen-bond donors (Lipinski definition) is 0. The van der Waals surface area contributed by atoms with Crippen molar-refractivity contribution in [2.75, 3.05) is 13.7 Å². The molecular weight excluding hydrogens is 318 g/mol. The molecule has 14 heavy (non-hydrogen) atoms. The van der Waals surface area contributed by atoms with Gasteiger partial charge in [-0.05, 0) is 29.5 Å². The van der Waals surface area contributed by atoms with E-state index in [0.29, 0.717) is 10.2 Å². The van der Waals surface area contributed by atoms with Crippen LogP contribution in [-0.2, 0) is 4.74 Å². The summed E-state index contributed by atoms with van der Waals surface area (Å²) in [6, 6.07) is -0.0363. The second kappa shape index (κ2) is 5.09. The fourth-order valence-electron chi connectivity index (χ4n) is 1.06. The molecule has 1 rings (SSSR count). The van der Waals surface area contributed by atoms with E-state index < -0.39 is 0 Å². The lowest BCUT2D eigenvalue weighted by molar-refractivity contribution is 0.160. The molecule has 0 radical (unpaired) electrons. The Bertz CT molecular complexity index is 380.